The molecule has 2 aromatic carbocycles. The van der Waals surface area contributed by atoms with Gasteiger partial charge >= 0.3 is 6.03 Å². The molecule has 140 valence electrons. The van der Waals surface area contributed by atoms with E-state index in [2.05, 4.69) is 5.32 Å². The van der Waals surface area contributed by atoms with Gasteiger partial charge in [0.15, 0.2) is 0 Å². The van der Waals surface area contributed by atoms with E-state index < -0.39 is 10.0 Å². The molecule has 0 aliphatic heterocycles. The highest BCUT2D eigenvalue weighted by Gasteiger charge is 2.16. The largest absolute Gasteiger partial charge is 0.338 e. The number of rotatable bonds is 7. The number of hydrogen-bond acceptors (Lipinski definition) is 3. The van der Waals surface area contributed by atoms with Gasteiger partial charge in [0.1, 0.15) is 0 Å². The Morgan fingerprint density at radius 1 is 1.04 bits per heavy atom. The SMILES string of the molecule is CC(C)N(Cc1ccccc1)C(=O)NCCc1ccc(S(N)(=O)=O)cc1. The zero-order valence-corrected chi connectivity index (χ0v) is 15.9. The second-order valence-corrected chi connectivity index (χ2v) is 7.94. The van der Waals surface area contributed by atoms with E-state index in [4.69, 9.17) is 5.14 Å². The molecule has 6 nitrogen and oxygen atoms in total. The first kappa shape index (κ1) is 19.9. The minimum atomic E-state index is -3.68. The van der Waals surface area contributed by atoms with Gasteiger partial charge in [-0.05, 0) is 43.5 Å². The van der Waals surface area contributed by atoms with Crippen LogP contribution in [0.3, 0.4) is 0 Å². The lowest BCUT2D eigenvalue weighted by Crippen LogP contribution is -2.44. The number of primary sulfonamides is 1. The molecule has 0 saturated carbocycles. The minimum Gasteiger partial charge on any atom is -0.338 e. The maximum atomic E-state index is 12.5. The number of benzene rings is 2. The molecular weight excluding hydrogens is 350 g/mol. The number of nitrogens with two attached hydrogens (primary N) is 1. The predicted octanol–water partition coefficient (Wildman–Crippen LogP) is 2.50. The fourth-order valence-electron chi connectivity index (χ4n) is 2.53. The summed E-state index contributed by atoms with van der Waals surface area (Å²) in [6, 6.07) is 16.2. The average Bonchev–Trinajstić information content (AvgIpc) is 2.60. The third kappa shape index (κ3) is 5.86. The Kier molecular flexibility index (Phi) is 6.76. The summed E-state index contributed by atoms with van der Waals surface area (Å²) in [6.07, 6.45) is 0.605. The molecule has 7 heteroatoms. The van der Waals surface area contributed by atoms with E-state index in [-0.39, 0.29) is 17.0 Å². The van der Waals surface area contributed by atoms with Crippen LogP contribution in [0.4, 0.5) is 4.79 Å². The first-order chi connectivity index (χ1) is 12.3. The third-order valence-corrected chi connectivity index (χ3v) is 4.95. The van der Waals surface area contributed by atoms with Crippen molar-refractivity contribution < 1.29 is 13.2 Å². The van der Waals surface area contributed by atoms with E-state index in [0.29, 0.717) is 19.5 Å². The lowest BCUT2D eigenvalue weighted by molar-refractivity contribution is 0.180. The van der Waals surface area contributed by atoms with Crippen LogP contribution in [0.5, 0.6) is 0 Å². The molecule has 0 aliphatic rings. The van der Waals surface area contributed by atoms with Crippen LogP contribution >= 0.6 is 0 Å². The summed E-state index contributed by atoms with van der Waals surface area (Å²) in [5.41, 5.74) is 2.01. The van der Waals surface area contributed by atoms with Gasteiger partial charge in [0, 0.05) is 19.1 Å². The van der Waals surface area contributed by atoms with Crippen LogP contribution in [0.25, 0.3) is 0 Å². The number of urea groups is 1. The van der Waals surface area contributed by atoms with Gasteiger partial charge in [0.05, 0.1) is 4.90 Å². The zero-order valence-electron chi connectivity index (χ0n) is 15.1. The maximum absolute atomic E-state index is 12.5. The molecule has 0 atom stereocenters. The van der Waals surface area contributed by atoms with Crippen molar-refractivity contribution in [1.82, 2.24) is 10.2 Å². The van der Waals surface area contributed by atoms with Gasteiger partial charge in [-0.15, -0.1) is 0 Å². The van der Waals surface area contributed by atoms with Gasteiger partial charge < -0.3 is 10.2 Å². The molecule has 0 spiro atoms. The molecule has 2 aromatic rings. The molecule has 0 heterocycles. The van der Waals surface area contributed by atoms with Crippen molar-refractivity contribution >= 4 is 16.1 Å². The number of nitrogens with one attached hydrogen (secondary N) is 1. The lowest BCUT2D eigenvalue weighted by atomic mass is 10.1. The molecule has 26 heavy (non-hydrogen) atoms. The quantitative estimate of drug-likeness (QED) is 0.779. The van der Waals surface area contributed by atoms with Crippen LogP contribution < -0.4 is 10.5 Å². The number of sulfonamides is 1. The summed E-state index contributed by atoms with van der Waals surface area (Å²) in [5, 5.41) is 8.00. The number of carbonyl (C=O) groups is 1. The summed E-state index contributed by atoms with van der Waals surface area (Å²) in [4.78, 5) is 14.3. The summed E-state index contributed by atoms with van der Waals surface area (Å²) in [7, 11) is -3.68. The van der Waals surface area contributed by atoms with Gasteiger partial charge in [0.2, 0.25) is 10.0 Å². The number of carbonyl (C=O) groups excluding carboxylic acids is 1. The molecule has 0 aromatic heterocycles. The van der Waals surface area contributed by atoms with Crippen molar-refractivity contribution in [3.8, 4) is 0 Å². The van der Waals surface area contributed by atoms with Crippen LogP contribution in [0.1, 0.15) is 25.0 Å². The molecule has 0 fully saturated rings. The van der Waals surface area contributed by atoms with Crippen molar-refractivity contribution in [2.24, 2.45) is 5.14 Å². The Hall–Kier alpha value is -2.38. The van der Waals surface area contributed by atoms with Gasteiger partial charge in [-0.25, -0.2) is 18.4 Å². The molecule has 0 aliphatic carbocycles. The summed E-state index contributed by atoms with van der Waals surface area (Å²) >= 11 is 0. The Balaban J connectivity index is 1.89. The Bertz CT molecular complexity index is 819. The monoisotopic (exact) mass is 375 g/mol. The zero-order chi connectivity index (χ0) is 19.2. The molecule has 3 N–H and O–H groups in total. The second-order valence-electron chi connectivity index (χ2n) is 6.38. The van der Waals surface area contributed by atoms with Crippen LogP contribution in [-0.4, -0.2) is 31.9 Å². The highest BCUT2D eigenvalue weighted by Crippen LogP contribution is 2.10. The number of hydrogen-bond donors (Lipinski definition) is 2. The van der Waals surface area contributed by atoms with Crippen LogP contribution in [-0.2, 0) is 23.0 Å². The second kappa shape index (κ2) is 8.82. The smallest absolute Gasteiger partial charge is 0.317 e. The first-order valence-corrected chi connectivity index (χ1v) is 10.0. The lowest BCUT2D eigenvalue weighted by Gasteiger charge is -2.27. The summed E-state index contributed by atoms with van der Waals surface area (Å²) in [5.74, 6) is 0. The van der Waals surface area contributed by atoms with Crippen molar-refractivity contribution in [1.29, 1.82) is 0 Å². The van der Waals surface area contributed by atoms with Crippen LogP contribution in [0.15, 0.2) is 59.5 Å². The molecule has 0 bridgehead atoms. The van der Waals surface area contributed by atoms with Crippen LogP contribution in [0.2, 0.25) is 0 Å². The van der Waals surface area contributed by atoms with E-state index >= 15 is 0 Å². The highest BCUT2D eigenvalue weighted by molar-refractivity contribution is 7.89. The van der Waals surface area contributed by atoms with E-state index in [1.807, 2.05) is 44.2 Å². The topological polar surface area (TPSA) is 92.5 Å². The predicted molar refractivity (Wildman–Crippen MR) is 102 cm³/mol. The van der Waals surface area contributed by atoms with Gasteiger partial charge in [0.25, 0.3) is 0 Å². The minimum absolute atomic E-state index is 0.0734. The molecule has 0 radical (unpaired) electrons. The van der Waals surface area contributed by atoms with Crippen molar-refractivity contribution in [3.05, 3.63) is 65.7 Å². The normalized spacial score (nSPS) is 11.4. The van der Waals surface area contributed by atoms with Gasteiger partial charge in [-0.3, -0.25) is 0 Å². The van der Waals surface area contributed by atoms with E-state index in [0.717, 1.165) is 11.1 Å². The number of nitrogens with zero attached hydrogens (tertiary/aromatic N) is 1. The number of amides is 2. The Morgan fingerprint density at radius 3 is 2.19 bits per heavy atom. The van der Waals surface area contributed by atoms with E-state index in [9.17, 15) is 13.2 Å². The van der Waals surface area contributed by atoms with E-state index in [1.165, 1.54) is 12.1 Å². The molecule has 2 amide bonds. The fraction of sp³-hybridized carbons (Fsp3) is 0.316. The molecular formula is C19H25N3O3S. The molecule has 0 unspecified atom stereocenters. The highest BCUT2D eigenvalue weighted by atomic mass is 32.2. The fourth-order valence-corrected chi connectivity index (χ4v) is 3.05. The van der Waals surface area contributed by atoms with Crippen molar-refractivity contribution in [3.63, 3.8) is 0 Å². The standard InChI is InChI=1S/C19H25N3O3S/c1-15(2)22(14-17-6-4-3-5-7-17)19(23)21-13-12-16-8-10-18(11-9-16)26(20,24)25/h3-11,15H,12-14H2,1-2H3,(H,21,23)(H2,20,24,25). The van der Waals surface area contributed by atoms with Crippen LogP contribution in [0, 0.1) is 0 Å². The van der Waals surface area contributed by atoms with Crippen molar-refractivity contribution in [2.45, 2.75) is 37.8 Å². The Labute approximate surface area is 155 Å². The maximum Gasteiger partial charge on any atom is 0.317 e. The summed E-state index contributed by atoms with van der Waals surface area (Å²) in [6.45, 7) is 4.97. The average molecular weight is 375 g/mol. The summed E-state index contributed by atoms with van der Waals surface area (Å²) < 4.78 is 22.5. The van der Waals surface area contributed by atoms with Gasteiger partial charge in [-0.2, -0.15) is 0 Å². The molecule has 0 saturated heterocycles. The molecule has 2 rings (SSSR count). The van der Waals surface area contributed by atoms with E-state index in [1.54, 1.807) is 17.0 Å². The third-order valence-electron chi connectivity index (χ3n) is 4.02. The van der Waals surface area contributed by atoms with Crippen molar-refractivity contribution in [2.75, 3.05) is 6.54 Å². The first-order valence-electron chi connectivity index (χ1n) is 8.47. The van der Waals surface area contributed by atoms with Gasteiger partial charge in [-0.1, -0.05) is 42.5 Å². The Morgan fingerprint density at radius 2 is 1.65 bits per heavy atom.